The van der Waals surface area contributed by atoms with Crippen LogP contribution in [0.1, 0.15) is 36.6 Å². The van der Waals surface area contributed by atoms with Crippen molar-refractivity contribution in [3.63, 3.8) is 0 Å². The number of hydrogen-bond acceptors (Lipinski definition) is 10. The molecule has 5 rings (SSSR count). The summed E-state index contributed by atoms with van der Waals surface area (Å²) < 4.78 is 13.5. The molecule has 242 valence electrons. The Kier molecular flexibility index (Phi) is 10.9. The van der Waals surface area contributed by atoms with E-state index in [-0.39, 0.29) is 30.3 Å². The molecule has 3 aromatic carbocycles. The van der Waals surface area contributed by atoms with Crippen LogP contribution in [-0.2, 0) is 42.1 Å². The number of carbonyl (C=O) groups is 4. The molecule has 1 N–H and O–H groups in total. The first-order valence-electron chi connectivity index (χ1n) is 14.9. The third kappa shape index (κ3) is 8.18. The summed E-state index contributed by atoms with van der Waals surface area (Å²) in [6, 6.07) is 26.5. The summed E-state index contributed by atoms with van der Waals surface area (Å²) in [4.78, 5) is 54.6. The summed E-state index contributed by atoms with van der Waals surface area (Å²) in [5.41, 5.74) is 2.71. The van der Waals surface area contributed by atoms with Gasteiger partial charge in [-0.2, -0.15) is 0 Å². The molecule has 2 amide bonds. The molecular weight excluding hydrogens is 620 g/mol. The highest BCUT2D eigenvalue weighted by Gasteiger charge is 2.53. The van der Waals surface area contributed by atoms with Crippen molar-refractivity contribution in [3.05, 3.63) is 119 Å². The van der Waals surface area contributed by atoms with E-state index in [1.807, 2.05) is 78.9 Å². The van der Waals surface area contributed by atoms with Crippen LogP contribution in [0.2, 0.25) is 0 Å². The van der Waals surface area contributed by atoms with Gasteiger partial charge in [-0.15, -0.1) is 5.10 Å². The van der Waals surface area contributed by atoms with Gasteiger partial charge in [0.05, 0.1) is 12.2 Å². The molecule has 0 radical (unpaired) electrons. The molecule has 13 heteroatoms. The van der Waals surface area contributed by atoms with Crippen LogP contribution in [0.25, 0.3) is 0 Å². The molecule has 1 aliphatic heterocycles. The molecule has 2 atom stereocenters. The summed E-state index contributed by atoms with van der Waals surface area (Å²) in [5, 5.41) is 14.3. The maximum atomic E-state index is 13.9. The number of aromatic nitrogens is 4. The largest absolute Gasteiger partial charge is 0.448 e. The number of aryl methyl sites for hydroxylation is 1. The lowest BCUT2D eigenvalue weighted by Crippen LogP contribution is -2.72. The van der Waals surface area contributed by atoms with E-state index in [0.717, 1.165) is 33.4 Å². The van der Waals surface area contributed by atoms with Gasteiger partial charge >= 0.3 is 5.97 Å². The van der Waals surface area contributed by atoms with E-state index in [1.165, 1.54) is 4.68 Å². The number of thioether (sulfide) groups is 1. The molecule has 47 heavy (non-hydrogen) atoms. The van der Waals surface area contributed by atoms with Gasteiger partial charge in [0, 0.05) is 7.05 Å². The van der Waals surface area contributed by atoms with Gasteiger partial charge in [-0.3, -0.25) is 19.3 Å². The van der Waals surface area contributed by atoms with E-state index in [9.17, 15) is 19.2 Å². The third-order valence-electron chi connectivity index (χ3n) is 7.26. The average molecular weight is 655 g/mol. The minimum atomic E-state index is -1.14. The Hall–Kier alpha value is -5.14. The van der Waals surface area contributed by atoms with Crippen molar-refractivity contribution in [1.82, 2.24) is 30.4 Å². The topological polar surface area (TPSA) is 146 Å². The molecule has 0 unspecified atom stereocenters. The van der Waals surface area contributed by atoms with Gasteiger partial charge in [-0.05, 0) is 46.5 Å². The van der Waals surface area contributed by atoms with Crippen LogP contribution in [0, 0.1) is 0 Å². The predicted molar refractivity (Wildman–Crippen MR) is 172 cm³/mol. The Bertz CT molecular complexity index is 1700. The van der Waals surface area contributed by atoms with Crippen molar-refractivity contribution >= 4 is 35.3 Å². The normalized spacial score (nSPS) is 15.6. The second-order valence-corrected chi connectivity index (χ2v) is 11.9. The molecule has 12 nitrogen and oxygen atoms in total. The maximum absolute atomic E-state index is 13.9. The number of esters is 1. The first kappa shape index (κ1) is 33.2. The fourth-order valence-corrected chi connectivity index (χ4v) is 5.70. The fourth-order valence-electron chi connectivity index (χ4n) is 5.01. The molecule has 2 heterocycles. The van der Waals surface area contributed by atoms with Gasteiger partial charge < -0.3 is 14.8 Å². The number of likely N-dealkylation sites (tertiary alicyclic amines) is 1. The predicted octanol–water partition coefficient (Wildman–Crippen LogP) is 3.41. The summed E-state index contributed by atoms with van der Waals surface area (Å²) in [6.07, 6.45) is -1.87. The number of hydrogen-bond donors (Lipinski definition) is 1. The van der Waals surface area contributed by atoms with Gasteiger partial charge in [-0.1, -0.05) is 103 Å². The smallest absolute Gasteiger partial charge is 0.356 e. The Morgan fingerprint density at radius 3 is 2.06 bits per heavy atom. The van der Waals surface area contributed by atoms with E-state index in [0.29, 0.717) is 10.7 Å². The number of carbonyl (C=O) groups excluding carboxylic acids is 4. The van der Waals surface area contributed by atoms with Gasteiger partial charge in [0.15, 0.2) is 24.2 Å². The highest BCUT2D eigenvalue weighted by atomic mass is 32.2. The summed E-state index contributed by atoms with van der Waals surface area (Å²) in [7, 11) is 1.66. The number of nitrogens with one attached hydrogen (secondary N) is 1. The standard InChI is InChI=1S/C34H34N6O6S/c1-22(2)29(33(44)46-30(24-15-9-5-10-16-24)25-17-11-6-12-18-25)40-31(43)28(35-27(42)19-23-13-7-4-8-14-23)32(40)45-20-26(41)21-47-34-36-37-38-39(34)3/h4-18,28,30,32H,19-21H2,1-3H3,(H,35,42)/t28-,32+/m1/s1. The van der Waals surface area contributed by atoms with E-state index < -0.39 is 36.2 Å². The Morgan fingerprint density at radius 2 is 1.51 bits per heavy atom. The Balaban J connectivity index is 1.36. The van der Waals surface area contributed by atoms with Gasteiger partial charge in [0.2, 0.25) is 11.1 Å². The number of ether oxygens (including phenoxy) is 2. The van der Waals surface area contributed by atoms with E-state index >= 15 is 0 Å². The van der Waals surface area contributed by atoms with Crippen LogP contribution in [0.5, 0.6) is 0 Å². The molecule has 1 aliphatic rings. The summed E-state index contributed by atoms with van der Waals surface area (Å²) in [6.45, 7) is 2.97. The molecule has 1 aromatic heterocycles. The zero-order valence-corrected chi connectivity index (χ0v) is 26.9. The van der Waals surface area contributed by atoms with Crippen molar-refractivity contribution in [2.45, 2.75) is 43.8 Å². The lowest BCUT2D eigenvalue weighted by Gasteiger charge is -2.47. The first-order valence-corrected chi connectivity index (χ1v) is 15.8. The molecule has 0 saturated carbocycles. The van der Waals surface area contributed by atoms with Crippen LogP contribution in [0.15, 0.2) is 107 Å². The summed E-state index contributed by atoms with van der Waals surface area (Å²) in [5.74, 6) is -2.02. The number of tetrazole rings is 1. The fraction of sp³-hybridized carbons (Fsp3) is 0.265. The number of β-lactam (4-membered cyclic amide) rings is 1. The summed E-state index contributed by atoms with van der Waals surface area (Å²) >= 11 is 1.14. The molecule has 4 aromatic rings. The number of amides is 2. The minimum Gasteiger partial charge on any atom is -0.448 e. The molecule has 1 saturated heterocycles. The highest BCUT2D eigenvalue weighted by molar-refractivity contribution is 7.99. The average Bonchev–Trinajstić information content (AvgIpc) is 3.50. The van der Waals surface area contributed by atoms with Crippen molar-refractivity contribution in [3.8, 4) is 0 Å². The van der Waals surface area contributed by atoms with E-state index in [4.69, 9.17) is 9.47 Å². The minimum absolute atomic E-state index is 0.00723. The van der Waals surface area contributed by atoms with Crippen molar-refractivity contribution in [2.75, 3.05) is 12.4 Å². The Morgan fingerprint density at radius 1 is 0.915 bits per heavy atom. The molecule has 0 bridgehead atoms. The van der Waals surface area contributed by atoms with Crippen molar-refractivity contribution < 1.29 is 28.7 Å². The third-order valence-corrected chi connectivity index (χ3v) is 8.33. The number of benzene rings is 3. The monoisotopic (exact) mass is 654 g/mol. The molecule has 1 fully saturated rings. The van der Waals surface area contributed by atoms with E-state index in [2.05, 4.69) is 20.8 Å². The van der Waals surface area contributed by atoms with Crippen molar-refractivity contribution in [2.24, 2.45) is 7.05 Å². The lowest BCUT2D eigenvalue weighted by atomic mass is 9.99. The molecule has 0 spiro atoms. The number of Topliss-reactive ketones (excluding diaryl/α,β-unsaturated/α-hetero) is 1. The van der Waals surface area contributed by atoms with Crippen LogP contribution >= 0.6 is 11.8 Å². The van der Waals surface area contributed by atoms with Gasteiger partial charge in [-0.25, -0.2) is 9.48 Å². The maximum Gasteiger partial charge on any atom is 0.356 e. The van der Waals surface area contributed by atoms with Gasteiger partial charge in [0.25, 0.3) is 5.91 Å². The number of rotatable bonds is 14. The van der Waals surface area contributed by atoms with Crippen LogP contribution in [0.4, 0.5) is 0 Å². The van der Waals surface area contributed by atoms with Crippen LogP contribution in [0.3, 0.4) is 0 Å². The highest BCUT2D eigenvalue weighted by Crippen LogP contribution is 2.33. The van der Waals surface area contributed by atoms with Crippen LogP contribution < -0.4 is 5.32 Å². The zero-order valence-electron chi connectivity index (χ0n) is 26.1. The Labute approximate surface area is 276 Å². The molecule has 0 aliphatic carbocycles. The van der Waals surface area contributed by atoms with E-state index in [1.54, 1.807) is 33.0 Å². The number of ketones is 1. The molecular formula is C34H34N6O6S. The second kappa shape index (κ2) is 15.4. The first-order chi connectivity index (χ1) is 22.7. The SMILES string of the molecule is CC(C)=C(C(=O)OC(c1ccccc1)c1ccccc1)N1C(=O)[C@@H](NC(=O)Cc2ccccc2)[C@@H]1OCC(=O)CSc1nnnn1C. The lowest BCUT2D eigenvalue weighted by molar-refractivity contribution is -0.183. The van der Waals surface area contributed by atoms with Crippen LogP contribution in [-0.4, -0.2) is 73.3 Å². The zero-order chi connectivity index (χ0) is 33.3. The number of nitrogens with zero attached hydrogens (tertiary/aromatic N) is 5. The quantitative estimate of drug-likeness (QED) is 0.0929. The second-order valence-electron chi connectivity index (χ2n) is 11.0. The van der Waals surface area contributed by atoms with Crippen molar-refractivity contribution in [1.29, 1.82) is 0 Å². The van der Waals surface area contributed by atoms with Gasteiger partial charge in [0.1, 0.15) is 12.3 Å². The number of allylic oxidation sites excluding steroid dienone is 1.